The van der Waals surface area contributed by atoms with Gasteiger partial charge in [-0.25, -0.2) is 9.59 Å². The van der Waals surface area contributed by atoms with Gasteiger partial charge in [0.2, 0.25) is 0 Å². The van der Waals surface area contributed by atoms with Crippen molar-refractivity contribution in [3.63, 3.8) is 0 Å². The lowest BCUT2D eigenvalue weighted by molar-refractivity contribution is -0.166. The lowest BCUT2D eigenvalue weighted by atomic mass is 10.1. The Bertz CT molecular complexity index is 753. The van der Waals surface area contributed by atoms with Crippen LogP contribution in [0.3, 0.4) is 0 Å². The molecule has 2 aromatic carbocycles. The lowest BCUT2D eigenvalue weighted by Gasteiger charge is -2.22. The van der Waals surface area contributed by atoms with Gasteiger partial charge < -0.3 is 19.3 Å². The summed E-state index contributed by atoms with van der Waals surface area (Å²) >= 11 is 0. The molecule has 0 saturated carbocycles. The Morgan fingerprint density at radius 3 is 1.48 bits per heavy atom. The standard InChI is InChI=1S/C12H16O3.C11H14O3/c1-12(2,11(13)14-3)15-9-10-7-5-4-6-8-10;1-11(2,10(12)13)14-8-9-6-4-3-5-7-9/h4-8H,9H2,1-3H3;3-7H,8H2,1-2H3,(H,12,13). The third kappa shape index (κ3) is 8.89. The van der Waals surface area contributed by atoms with Gasteiger partial charge in [-0.3, -0.25) is 0 Å². The number of benzene rings is 2. The number of ether oxygens (including phenoxy) is 3. The highest BCUT2D eigenvalue weighted by Crippen LogP contribution is 2.14. The average Bonchev–Trinajstić information content (AvgIpc) is 2.72. The average molecular weight is 402 g/mol. The molecule has 0 radical (unpaired) electrons. The number of hydrogen-bond donors (Lipinski definition) is 1. The van der Waals surface area contributed by atoms with Crippen LogP contribution in [-0.2, 0) is 37.0 Å². The van der Waals surface area contributed by atoms with Crippen molar-refractivity contribution < 1.29 is 28.9 Å². The van der Waals surface area contributed by atoms with E-state index in [9.17, 15) is 9.59 Å². The zero-order chi connectivity index (χ0) is 21.9. The molecule has 0 fully saturated rings. The zero-order valence-corrected chi connectivity index (χ0v) is 17.7. The van der Waals surface area contributed by atoms with E-state index in [4.69, 9.17) is 14.6 Å². The van der Waals surface area contributed by atoms with Crippen molar-refractivity contribution in [2.45, 2.75) is 52.1 Å². The minimum Gasteiger partial charge on any atom is -0.479 e. The SMILES string of the molecule is CC(C)(OCc1ccccc1)C(=O)O.COC(=O)C(C)(C)OCc1ccccc1. The zero-order valence-electron chi connectivity index (χ0n) is 17.7. The Labute approximate surface area is 172 Å². The van der Waals surface area contributed by atoms with Crippen LogP contribution in [0, 0.1) is 0 Å². The highest BCUT2D eigenvalue weighted by molar-refractivity contribution is 5.78. The first-order valence-corrected chi connectivity index (χ1v) is 9.26. The number of aliphatic carboxylic acids is 1. The molecule has 0 aliphatic rings. The Kier molecular flexibility index (Phi) is 9.51. The fourth-order valence-corrected chi connectivity index (χ4v) is 2.04. The molecule has 0 aliphatic carbocycles. The second-order valence-electron chi connectivity index (χ2n) is 7.37. The van der Waals surface area contributed by atoms with Gasteiger partial charge in [-0.1, -0.05) is 60.7 Å². The number of methoxy groups -OCH3 is 1. The number of rotatable bonds is 8. The van der Waals surface area contributed by atoms with E-state index in [-0.39, 0.29) is 5.97 Å². The maximum Gasteiger partial charge on any atom is 0.337 e. The van der Waals surface area contributed by atoms with Gasteiger partial charge in [0.05, 0.1) is 20.3 Å². The number of carboxylic acid groups (broad SMARTS) is 1. The maximum atomic E-state index is 11.3. The first-order chi connectivity index (χ1) is 13.6. The molecular formula is C23H30O6. The molecule has 29 heavy (non-hydrogen) atoms. The molecule has 0 spiro atoms. The van der Waals surface area contributed by atoms with Crippen LogP contribution in [0.5, 0.6) is 0 Å². The Morgan fingerprint density at radius 1 is 0.759 bits per heavy atom. The Morgan fingerprint density at radius 2 is 1.14 bits per heavy atom. The number of carbonyl (C=O) groups excluding carboxylic acids is 1. The third-order valence-electron chi connectivity index (χ3n) is 4.08. The molecule has 0 amide bonds. The van der Waals surface area contributed by atoms with Crippen LogP contribution in [0.25, 0.3) is 0 Å². The van der Waals surface area contributed by atoms with E-state index in [0.717, 1.165) is 11.1 Å². The molecule has 1 N–H and O–H groups in total. The molecule has 0 bridgehead atoms. The van der Waals surface area contributed by atoms with Crippen molar-refractivity contribution in [2.24, 2.45) is 0 Å². The van der Waals surface area contributed by atoms with Crippen LogP contribution in [0.1, 0.15) is 38.8 Å². The fraction of sp³-hybridized carbons (Fsp3) is 0.391. The maximum absolute atomic E-state index is 11.3. The quantitative estimate of drug-likeness (QED) is 0.666. The lowest BCUT2D eigenvalue weighted by Crippen LogP contribution is -2.35. The molecule has 0 unspecified atom stereocenters. The molecular weight excluding hydrogens is 372 g/mol. The van der Waals surface area contributed by atoms with Gasteiger partial charge in [0.1, 0.15) is 0 Å². The largest absolute Gasteiger partial charge is 0.479 e. The van der Waals surface area contributed by atoms with Crippen molar-refractivity contribution >= 4 is 11.9 Å². The van der Waals surface area contributed by atoms with Gasteiger partial charge in [-0.2, -0.15) is 0 Å². The van der Waals surface area contributed by atoms with Gasteiger partial charge in [-0.15, -0.1) is 0 Å². The van der Waals surface area contributed by atoms with E-state index < -0.39 is 17.2 Å². The second-order valence-corrected chi connectivity index (χ2v) is 7.37. The molecule has 0 heterocycles. The van der Waals surface area contributed by atoms with Crippen LogP contribution in [-0.4, -0.2) is 35.4 Å². The molecule has 2 rings (SSSR count). The van der Waals surface area contributed by atoms with Crippen LogP contribution in [0.4, 0.5) is 0 Å². The molecule has 0 atom stereocenters. The molecule has 0 saturated heterocycles. The van der Waals surface area contributed by atoms with E-state index in [0.29, 0.717) is 13.2 Å². The number of hydrogen-bond acceptors (Lipinski definition) is 5. The summed E-state index contributed by atoms with van der Waals surface area (Å²) in [5.41, 5.74) is -0.0169. The summed E-state index contributed by atoms with van der Waals surface area (Å²) in [6.45, 7) is 7.20. The molecule has 6 nitrogen and oxygen atoms in total. The highest BCUT2D eigenvalue weighted by atomic mass is 16.6. The van der Waals surface area contributed by atoms with E-state index in [2.05, 4.69) is 4.74 Å². The number of carbonyl (C=O) groups is 2. The first-order valence-electron chi connectivity index (χ1n) is 9.26. The van der Waals surface area contributed by atoms with Crippen LogP contribution < -0.4 is 0 Å². The second kappa shape index (κ2) is 11.3. The predicted octanol–water partition coefficient (Wildman–Crippen LogP) is 4.22. The van der Waals surface area contributed by atoms with Crippen LogP contribution in [0.15, 0.2) is 60.7 Å². The van der Waals surface area contributed by atoms with Crippen LogP contribution >= 0.6 is 0 Å². The predicted molar refractivity (Wildman–Crippen MR) is 110 cm³/mol. The summed E-state index contributed by atoms with van der Waals surface area (Å²) in [6, 6.07) is 19.2. The van der Waals surface area contributed by atoms with Crippen molar-refractivity contribution in [3.05, 3.63) is 71.8 Å². The highest BCUT2D eigenvalue weighted by Gasteiger charge is 2.29. The van der Waals surface area contributed by atoms with E-state index >= 15 is 0 Å². The summed E-state index contributed by atoms with van der Waals surface area (Å²) in [7, 11) is 1.36. The van der Waals surface area contributed by atoms with Crippen molar-refractivity contribution in [1.82, 2.24) is 0 Å². The Hall–Kier alpha value is -2.70. The minimum absolute atomic E-state index is 0.320. The molecule has 158 valence electrons. The summed E-state index contributed by atoms with van der Waals surface area (Å²) in [6.07, 6.45) is 0. The summed E-state index contributed by atoms with van der Waals surface area (Å²) in [5, 5.41) is 8.79. The summed E-state index contributed by atoms with van der Waals surface area (Å²) in [4.78, 5) is 22.0. The number of esters is 1. The molecule has 0 aliphatic heterocycles. The Balaban J connectivity index is 0.000000291. The van der Waals surface area contributed by atoms with Crippen molar-refractivity contribution in [2.75, 3.05) is 7.11 Å². The van der Waals surface area contributed by atoms with Gasteiger partial charge in [-0.05, 0) is 38.8 Å². The van der Waals surface area contributed by atoms with Crippen molar-refractivity contribution in [3.8, 4) is 0 Å². The van der Waals surface area contributed by atoms with Crippen molar-refractivity contribution in [1.29, 1.82) is 0 Å². The summed E-state index contributed by atoms with van der Waals surface area (Å²) in [5.74, 6) is -1.31. The normalized spacial score (nSPS) is 11.2. The monoisotopic (exact) mass is 402 g/mol. The van der Waals surface area contributed by atoms with Gasteiger partial charge in [0.25, 0.3) is 0 Å². The third-order valence-corrected chi connectivity index (χ3v) is 4.08. The van der Waals surface area contributed by atoms with Crippen LogP contribution in [0.2, 0.25) is 0 Å². The van der Waals surface area contributed by atoms with E-state index in [1.807, 2.05) is 60.7 Å². The topological polar surface area (TPSA) is 82.1 Å². The van der Waals surface area contributed by atoms with E-state index in [1.54, 1.807) is 13.8 Å². The smallest absolute Gasteiger partial charge is 0.337 e. The van der Waals surface area contributed by atoms with Gasteiger partial charge >= 0.3 is 11.9 Å². The van der Waals surface area contributed by atoms with Gasteiger partial charge in [0.15, 0.2) is 11.2 Å². The summed E-state index contributed by atoms with van der Waals surface area (Å²) < 4.78 is 15.4. The number of carboxylic acids is 1. The van der Waals surface area contributed by atoms with E-state index in [1.165, 1.54) is 21.0 Å². The first kappa shape index (κ1) is 24.3. The molecule has 6 heteroatoms. The minimum atomic E-state index is -1.13. The molecule has 2 aromatic rings. The van der Waals surface area contributed by atoms with Gasteiger partial charge in [0, 0.05) is 0 Å². The molecule has 0 aromatic heterocycles. The fourth-order valence-electron chi connectivity index (χ4n) is 2.04.